The maximum atomic E-state index is 10.9. The minimum Gasteiger partial charge on any atom is -0.392 e. The number of aliphatic hydroxyl groups is 1. The summed E-state index contributed by atoms with van der Waals surface area (Å²) in [4.78, 5) is 10.5. The Morgan fingerprint density at radius 2 is 2.00 bits per heavy atom. The number of nitro groups is 1. The van der Waals surface area contributed by atoms with E-state index in [0.29, 0.717) is 17.5 Å². The van der Waals surface area contributed by atoms with Crippen molar-refractivity contribution in [1.29, 1.82) is 0 Å². The summed E-state index contributed by atoms with van der Waals surface area (Å²) >= 11 is 0. The summed E-state index contributed by atoms with van der Waals surface area (Å²) in [6.07, 6.45) is 0.622. The third-order valence-corrected chi connectivity index (χ3v) is 2.24. The third kappa shape index (κ3) is 3.31. The van der Waals surface area contributed by atoms with Gasteiger partial charge in [-0.1, -0.05) is 20.8 Å². The second-order valence-corrected chi connectivity index (χ2v) is 5.12. The van der Waals surface area contributed by atoms with Gasteiger partial charge in [-0.3, -0.25) is 10.1 Å². The van der Waals surface area contributed by atoms with E-state index < -0.39 is 0 Å². The number of rotatable bonds is 3. The van der Waals surface area contributed by atoms with Crippen LogP contribution in [-0.4, -0.2) is 10.0 Å². The zero-order chi connectivity index (χ0) is 12.3. The van der Waals surface area contributed by atoms with Crippen LogP contribution < -0.4 is 0 Å². The van der Waals surface area contributed by atoms with Crippen LogP contribution >= 0.6 is 0 Å². The molecule has 0 aliphatic carbocycles. The van der Waals surface area contributed by atoms with Gasteiger partial charge in [0.15, 0.2) is 0 Å². The molecule has 0 atom stereocenters. The van der Waals surface area contributed by atoms with Crippen molar-refractivity contribution < 1.29 is 10.0 Å². The number of hydrogen-bond donors (Lipinski definition) is 1. The Labute approximate surface area is 95.1 Å². The Kier molecular flexibility index (Phi) is 3.65. The maximum absolute atomic E-state index is 10.9. The molecule has 4 nitrogen and oxygen atoms in total. The van der Waals surface area contributed by atoms with Gasteiger partial charge in [-0.15, -0.1) is 0 Å². The number of nitrogens with zero attached hydrogens (tertiary/aromatic N) is 1. The molecule has 0 saturated heterocycles. The highest BCUT2D eigenvalue weighted by Crippen LogP contribution is 2.28. The summed E-state index contributed by atoms with van der Waals surface area (Å²) in [5, 5.41) is 19.9. The minimum absolute atomic E-state index is 0.0150. The molecule has 0 radical (unpaired) electrons. The fourth-order valence-electron chi connectivity index (χ4n) is 1.63. The van der Waals surface area contributed by atoms with Crippen molar-refractivity contribution in [2.45, 2.75) is 33.8 Å². The molecule has 0 spiro atoms. The highest BCUT2D eigenvalue weighted by Gasteiger charge is 2.20. The molecule has 1 rings (SSSR count). The van der Waals surface area contributed by atoms with Crippen molar-refractivity contribution in [3.8, 4) is 0 Å². The van der Waals surface area contributed by atoms with E-state index in [2.05, 4.69) is 0 Å². The van der Waals surface area contributed by atoms with E-state index in [-0.39, 0.29) is 22.6 Å². The van der Waals surface area contributed by atoms with Gasteiger partial charge in [0.1, 0.15) is 0 Å². The molecule has 0 heterocycles. The van der Waals surface area contributed by atoms with Gasteiger partial charge in [-0.25, -0.2) is 0 Å². The average Bonchev–Trinajstić information content (AvgIpc) is 2.14. The lowest BCUT2D eigenvalue weighted by molar-refractivity contribution is -0.385. The summed E-state index contributed by atoms with van der Waals surface area (Å²) in [5.74, 6) is 0. The molecule has 0 bridgehead atoms. The second-order valence-electron chi connectivity index (χ2n) is 5.12. The molecular formula is C12H17NO3. The molecule has 88 valence electrons. The Balaban J connectivity index is 3.15. The van der Waals surface area contributed by atoms with E-state index in [1.807, 2.05) is 20.8 Å². The molecule has 0 saturated carbocycles. The molecule has 4 heteroatoms. The fourth-order valence-corrected chi connectivity index (χ4v) is 1.63. The first kappa shape index (κ1) is 12.6. The van der Waals surface area contributed by atoms with Crippen LogP contribution in [0.25, 0.3) is 0 Å². The van der Waals surface area contributed by atoms with E-state index in [1.54, 1.807) is 12.1 Å². The predicted octanol–water partition coefficient (Wildman–Crippen LogP) is 2.68. The van der Waals surface area contributed by atoms with Crippen molar-refractivity contribution in [2.75, 3.05) is 0 Å². The van der Waals surface area contributed by atoms with Crippen LogP contribution in [-0.2, 0) is 13.0 Å². The van der Waals surface area contributed by atoms with Crippen LogP contribution in [0, 0.1) is 15.5 Å². The highest BCUT2D eigenvalue weighted by molar-refractivity contribution is 5.43. The van der Waals surface area contributed by atoms with Gasteiger partial charge >= 0.3 is 0 Å². The first-order valence-electron chi connectivity index (χ1n) is 5.20. The summed E-state index contributed by atoms with van der Waals surface area (Å²) in [7, 11) is 0. The lowest BCUT2D eigenvalue weighted by atomic mass is 9.87. The number of aliphatic hydroxyl groups excluding tert-OH is 1. The second kappa shape index (κ2) is 4.61. The molecule has 1 aromatic rings. The monoisotopic (exact) mass is 223 g/mol. The normalized spacial score (nSPS) is 11.5. The molecule has 0 aliphatic rings. The third-order valence-electron chi connectivity index (χ3n) is 2.24. The van der Waals surface area contributed by atoms with E-state index in [4.69, 9.17) is 5.11 Å². The first-order chi connectivity index (χ1) is 7.33. The number of nitro benzene ring substituents is 1. The van der Waals surface area contributed by atoms with Crippen LogP contribution in [0.2, 0.25) is 0 Å². The smallest absolute Gasteiger partial charge is 0.272 e. The summed E-state index contributed by atoms with van der Waals surface area (Å²) in [6.45, 7) is 6.00. The Morgan fingerprint density at radius 1 is 1.38 bits per heavy atom. The fraction of sp³-hybridized carbons (Fsp3) is 0.500. The lowest BCUT2D eigenvalue weighted by Gasteiger charge is -2.18. The molecule has 1 N–H and O–H groups in total. The van der Waals surface area contributed by atoms with Crippen molar-refractivity contribution >= 4 is 5.69 Å². The van der Waals surface area contributed by atoms with Gasteiger partial charge < -0.3 is 5.11 Å². The van der Waals surface area contributed by atoms with Gasteiger partial charge in [-0.05, 0) is 29.5 Å². The van der Waals surface area contributed by atoms with Gasteiger partial charge in [-0.2, -0.15) is 0 Å². The van der Waals surface area contributed by atoms with Crippen LogP contribution in [0.4, 0.5) is 5.69 Å². The molecule has 16 heavy (non-hydrogen) atoms. The molecule has 1 aromatic carbocycles. The topological polar surface area (TPSA) is 63.4 Å². The number of hydrogen-bond acceptors (Lipinski definition) is 3. The van der Waals surface area contributed by atoms with Crippen molar-refractivity contribution in [3.63, 3.8) is 0 Å². The van der Waals surface area contributed by atoms with E-state index in [9.17, 15) is 10.1 Å². The van der Waals surface area contributed by atoms with Gasteiger partial charge in [0.2, 0.25) is 0 Å². The Bertz CT molecular complexity index is 394. The van der Waals surface area contributed by atoms with Crippen molar-refractivity contribution in [3.05, 3.63) is 39.4 Å². The van der Waals surface area contributed by atoms with Crippen LogP contribution in [0.3, 0.4) is 0 Å². The molecule has 0 aromatic heterocycles. The largest absolute Gasteiger partial charge is 0.392 e. The Hall–Kier alpha value is -1.42. The Morgan fingerprint density at radius 3 is 2.44 bits per heavy atom. The molecule has 0 fully saturated rings. The number of benzene rings is 1. The minimum atomic E-state index is -0.373. The highest BCUT2D eigenvalue weighted by atomic mass is 16.6. The van der Waals surface area contributed by atoms with Crippen LogP contribution in [0.15, 0.2) is 18.2 Å². The quantitative estimate of drug-likeness (QED) is 0.633. The van der Waals surface area contributed by atoms with Crippen molar-refractivity contribution in [1.82, 2.24) is 0 Å². The summed E-state index contributed by atoms with van der Waals surface area (Å²) in [5.41, 5.74) is 1.51. The van der Waals surface area contributed by atoms with Crippen molar-refractivity contribution in [2.24, 2.45) is 5.41 Å². The molecule has 0 aliphatic heterocycles. The van der Waals surface area contributed by atoms with E-state index in [1.165, 1.54) is 6.07 Å². The van der Waals surface area contributed by atoms with Gasteiger partial charge in [0.25, 0.3) is 5.69 Å². The standard InChI is InChI=1S/C12H17NO3/c1-12(2,3)7-10-6-9(8-14)4-5-11(10)13(15)16/h4-6,14H,7-8H2,1-3H3. The summed E-state index contributed by atoms with van der Waals surface area (Å²) < 4.78 is 0. The summed E-state index contributed by atoms with van der Waals surface area (Å²) in [6, 6.07) is 4.76. The zero-order valence-corrected chi connectivity index (χ0v) is 9.86. The first-order valence-corrected chi connectivity index (χ1v) is 5.20. The van der Waals surface area contributed by atoms with E-state index >= 15 is 0 Å². The average molecular weight is 223 g/mol. The maximum Gasteiger partial charge on any atom is 0.272 e. The van der Waals surface area contributed by atoms with Crippen LogP contribution in [0.1, 0.15) is 31.9 Å². The molecule has 0 amide bonds. The molecular weight excluding hydrogens is 206 g/mol. The zero-order valence-electron chi connectivity index (χ0n) is 9.86. The SMILES string of the molecule is CC(C)(C)Cc1cc(CO)ccc1[N+](=O)[O-]. The van der Waals surface area contributed by atoms with Crippen LogP contribution in [0.5, 0.6) is 0 Å². The molecule has 0 unspecified atom stereocenters. The van der Waals surface area contributed by atoms with Gasteiger partial charge in [0.05, 0.1) is 11.5 Å². The van der Waals surface area contributed by atoms with E-state index in [0.717, 1.165) is 0 Å². The predicted molar refractivity (Wildman–Crippen MR) is 62.2 cm³/mol. The lowest BCUT2D eigenvalue weighted by Crippen LogP contribution is -2.11. The van der Waals surface area contributed by atoms with Gasteiger partial charge in [0, 0.05) is 11.6 Å².